The van der Waals surface area contributed by atoms with Crippen molar-refractivity contribution in [3.8, 4) is 0 Å². The van der Waals surface area contributed by atoms with Gasteiger partial charge in [0.15, 0.2) is 5.17 Å². The van der Waals surface area contributed by atoms with Gasteiger partial charge in [-0.15, -0.1) is 0 Å². The van der Waals surface area contributed by atoms with E-state index < -0.39 is 0 Å². The Bertz CT molecular complexity index is 1740. The lowest BCUT2D eigenvalue weighted by Gasteiger charge is -2.22. The molecule has 1 amide bonds. The van der Waals surface area contributed by atoms with Gasteiger partial charge in [0.05, 0.1) is 10.6 Å². The Morgan fingerprint density at radius 2 is 1.54 bits per heavy atom. The second kappa shape index (κ2) is 10.2. The first kappa shape index (κ1) is 24.0. The first-order valence-electron chi connectivity index (χ1n) is 13.7. The fourth-order valence-electron chi connectivity index (χ4n) is 5.94. The number of rotatable bonds is 5. The number of carbonyl (C=O) groups is 1. The lowest BCUT2D eigenvalue weighted by Crippen LogP contribution is -2.37. The highest BCUT2D eigenvalue weighted by Crippen LogP contribution is 2.40. The van der Waals surface area contributed by atoms with E-state index in [4.69, 9.17) is 4.99 Å². The highest BCUT2D eigenvalue weighted by molar-refractivity contribution is 8.18. The zero-order valence-corrected chi connectivity index (χ0v) is 22.5. The van der Waals surface area contributed by atoms with Crippen molar-refractivity contribution in [3.05, 3.63) is 119 Å². The SMILES string of the molecule is O=C1/C(=C/c2cn(Cc3cccc4ccccc34)c3ccccc23)SC(=Nc2ccccc2)N1C1CCCC1. The van der Waals surface area contributed by atoms with Gasteiger partial charge in [0.1, 0.15) is 0 Å². The summed E-state index contributed by atoms with van der Waals surface area (Å²) in [5, 5.41) is 4.47. The fourth-order valence-corrected chi connectivity index (χ4v) is 6.99. The molecule has 2 heterocycles. The molecule has 1 aliphatic carbocycles. The van der Waals surface area contributed by atoms with E-state index in [0.717, 1.165) is 46.1 Å². The number of aliphatic imine (C=N–C) groups is 1. The average Bonchev–Trinajstić information content (AvgIpc) is 3.69. The number of carbonyl (C=O) groups excluding carboxylic acids is 1. The van der Waals surface area contributed by atoms with Gasteiger partial charge in [-0.3, -0.25) is 9.69 Å². The van der Waals surface area contributed by atoms with Crippen molar-refractivity contribution < 1.29 is 4.79 Å². The van der Waals surface area contributed by atoms with Gasteiger partial charge in [0.2, 0.25) is 0 Å². The van der Waals surface area contributed by atoms with E-state index >= 15 is 0 Å². The molecule has 39 heavy (non-hydrogen) atoms. The number of para-hydroxylation sites is 2. The Morgan fingerprint density at radius 1 is 0.821 bits per heavy atom. The second-order valence-electron chi connectivity index (χ2n) is 10.3. The van der Waals surface area contributed by atoms with Gasteiger partial charge >= 0.3 is 0 Å². The highest BCUT2D eigenvalue weighted by atomic mass is 32.2. The monoisotopic (exact) mass is 527 g/mol. The standard InChI is InChI=1S/C34H29N3OS/c38-33-32(39-34(35-27-14-2-1-3-15-27)37(33)28-16-5-6-17-28)21-26-23-36(31-20-9-8-19-30(26)31)22-25-13-10-12-24-11-4-7-18-29(24)25/h1-4,7-15,18-21,23,28H,5-6,16-17,22H2/b32-21-,35-34?. The van der Waals surface area contributed by atoms with Crippen LogP contribution >= 0.6 is 11.8 Å². The minimum Gasteiger partial charge on any atom is -0.342 e. The van der Waals surface area contributed by atoms with Crippen molar-refractivity contribution in [1.29, 1.82) is 0 Å². The van der Waals surface area contributed by atoms with Crippen LogP contribution in [-0.2, 0) is 11.3 Å². The molecule has 1 saturated heterocycles. The van der Waals surface area contributed by atoms with Crippen LogP contribution in [0.4, 0.5) is 5.69 Å². The zero-order chi connectivity index (χ0) is 26.2. The third kappa shape index (κ3) is 4.57. The largest absolute Gasteiger partial charge is 0.342 e. The van der Waals surface area contributed by atoms with Gasteiger partial charge in [-0.2, -0.15) is 0 Å². The molecule has 7 rings (SSSR count). The van der Waals surface area contributed by atoms with E-state index in [9.17, 15) is 4.79 Å². The molecule has 0 unspecified atom stereocenters. The summed E-state index contributed by atoms with van der Waals surface area (Å²) in [6.45, 7) is 0.765. The first-order valence-corrected chi connectivity index (χ1v) is 14.5. The molecule has 5 heteroatoms. The smallest absolute Gasteiger partial charge is 0.267 e. The lowest BCUT2D eigenvalue weighted by molar-refractivity contribution is -0.123. The lowest BCUT2D eigenvalue weighted by atomic mass is 10.0. The number of benzene rings is 4. The Balaban J connectivity index is 1.28. The van der Waals surface area contributed by atoms with Gasteiger partial charge < -0.3 is 4.57 Å². The van der Waals surface area contributed by atoms with Gasteiger partial charge in [-0.05, 0) is 65.2 Å². The van der Waals surface area contributed by atoms with Crippen LogP contribution in [0.2, 0.25) is 0 Å². The summed E-state index contributed by atoms with van der Waals surface area (Å²) in [4.78, 5) is 21.4. The predicted molar refractivity (Wildman–Crippen MR) is 163 cm³/mol. The molecule has 4 nitrogen and oxygen atoms in total. The predicted octanol–water partition coefficient (Wildman–Crippen LogP) is 8.39. The van der Waals surface area contributed by atoms with Crippen molar-refractivity contribution in [1.82, 2.24) is 9.47 Å². The molecule has 1 saturated carbocycles. The molecular formula is C34H29N3OS. The quantitative estimate of drug-likeness (QED) is 0.215. The summed E-state index contributed by atoms with van der Waals surface area (Å²) in [6, 6.07) is 33.7. The third-order valence-electron chi connectivity index (χ3n) is 7.83. The fraction of sp³-hybridized carbons (Fsp3) is 0.176. The van der Waals surface area contributed by atoms with Crippen molar-refractivity contribution in [2.75, 3.05) is 0 Å². The first-order chi connectivity index (χ1) is 19.2. The molecule has 0 radical (unpaired) electrons. The van der Waals surface area contributed by atoms with Crippen LogP contribution < -0.4 is 0 Å². The molecule has 0 atom stereocenters. The minimum absolute atomic E-state index is 0.0764. The maximum absolute atomic E-state index is 13.8. The summed E-state index contributed by atoms with van der Waals surface area (Å²) in [5.74, 6) is 0.0764. The molecule has 192 valence electrons. The number of hydrogen-bond acceptors (Lipinski definition) is 3. The molecule has 1 aromatic heterocycles. The van der Waals surface area contributed by atoms with Crippen LogP contribution in [0.1, 0.15) is 36.8 Å². The van der Waals surface area contributed by atoms with E-state index in [2.05, 4.69) is 83.6 Å². The summed E-state index contributed by atoms with van der Waals surface area (Å²) in [7, 11) is 0. The molecule has 5 aromatic rings. The van der Waals surface area contributed by atoms with E-state index in [1.807, 2.05) is 35.2 Å². The molecular weight excluding hydrogens is 498 g/mol. The summed E-state index contributed by atoms with van der Waals surface area (Å²) < 4.78 is 2.31. The van der Waals surface area contributed by atoms with Crippen molar-refractivity contribution >= 4 is 56.3 Å². The summed E-state index contributed by atoms with van der Waals surface area (Å²) >= 11 is 1.51. The van der Waals surface area contributed by atoms with Crippen molar-refractivity contribution in [2.24, 2.45) is 4.99 Å². The average molecular weight is 528 g/mol. The molecule has 2 aliphatic rings. The van der Waals surface area contributed by atoms with Crippen LogP contribution in [0.15, 0.2) is 113 Å². The van der Waals surface area contributed by atoms with E-state index in [1.165, 1.54) is 46.5 Å². The Kier molecular flexibility index (Phi) is 6.29. The van der Waals surface area contributed by atoms with Crippen LogP contribution in [0, 0.1) is 0 Å². The number of aromatic nitrogens is 1. The second-order valence-corrected chi connectivity index (χ2v) is 11.3. The van der Waals surface area contributed by atoms with Gasteiger partial charge in [-0.1, -0.05) is 91.7 Å². The van der Waals surface area contributed by atoms with E-state index in [1.54, 1.807) is 0 Å². The number of amidine groups is 1. The van der Waals surface area contributed by atoms with Gasteiger partial charge in [0.25, 0.3) is 5.91 Å². The number of hydrogen-bond donors (Lipinski definition) is 0. The Hall–Kier alpha value is -4.09. The van der Waals surface area contributed by atoms with Crippen LogP contribution in [0.25, 0.3) is 27.8 Å². The Morgan fingerprint density at radius 3 is 2.38 bits per heavy atom. The molecule has 4 aromatic carbocycles. The number of nitrogens with zero attached hydrogens (tertiary/aromatic N) is 3. The van der Waals surface area contributed by atoms with Crippen LogP contribution in [0.3, 0.4) is 0 Å². The molecule has 0 N–H and O–H groups in total. The van der Waals surface area contributed by atoms with Crippen LogP contribution in [0.5, 0.6) is 0 Å². The third-order valence-corrected chi connectivity index (χ3v) is 8.82. The number of amides is 1. The molecule has 0 spiro atoms. The highest BCUT2D eigenvalue weighted by Gasteiger charge is 2.39. The van der Waals surface area contributed by atoms with Gasteiger partial charge in [0, 0.05) is 35.2 Å². The van der Waals surface area contributed by atoms with E-state index in [-0.39, 0.29) is 11.9 Å². The maximum atomic E-state index is 13.8. The summed E-state index contributed by atoms with van der Waals surface area (Å²) in [5.41, 5.74) is 4.39. The van der Waals surface area contributed by atoms with Crippen molar-refractivity contribution in [3.63, 3.8) is 0 Å². The van der Waals surface area contributed by atoms with E-state index in [0.29, 0.717) is 0 Å². The molecule has 1 aliphatic heterocycles. The zero-order valence-electron chi connectivity index (χ0n) is 21.7. The maximum Gasteiger partial charge on any atom is 0.267 e. The Labute approximate surface area is 232 Å². The topological polar surface area (TPSA) is 37.6 Å². The van der Waals surface area contributed by atoms with Gasteiger partial charge in [-0.25, -0.2) is 4.99 Å². The molecule has 2 fully saturated rings. The van der Waals surface area contributed by atoms with Crippen LogP contribution in [-0.4, -0.2) is 26.6 Å². The minimum atomic E-state index is 0.0764. The number of thioether (sulfide) groups is 1. The number of fused-ring (bicyclic) bond motifs is 2. The molecule has 0 bridgehead atoms. The van der Waals surface area contributed by atoms with Crippen molar-refractivity contribution in [2.45, 2.75) is 38.3 Å². The normalized spacial score (nSPS) is 18.4. The summed E-state index contributed by atoms with van der Waals surface area (Å²) in [6.07, 6.45) is 8.68.